The van der Waals surface area contributed by atoms with Gasteiger partial charge in [0.1, 0.15) is 5.78 Å². The van der Waals surface area contributed by atoms with Gasteiger partial charge in [0.2, 0.25) is 0 Å². The fourth-order valence-corrected chi connectivity index (χ4v) is 2.00. The zero-order valence-corrected chi connectivity index (χ0v) is 9.28. The molecular weight excluding hydrogens is 244 g/mol. The second-order valence-corrected chi connectivity index (χ2v) is 3.89. The lowest BCUT2D eigenvalue weighted by atomic mass is 10.2. The van der Waals surface area contributed by atoms with Crippen LogP contribution in [0.25, 0.3) is 5.52 Å². The number of rotatable bonds is 2. The molecule has 0 aliphatic heterocycles. The number of hydrogen-bond acceptors (Lipinski definition) is 2. The van der Waals surface area contributed by atoms with Crippen molar-refractivity contribution in [2.75, 3.05) is 0 Å². The molecule has 0 bridgehead atoms. The Hall–Kier alpha value is -1.16. The molecule has 0 saturated carbocycles. The second kappa shape index (κ2) is 3.53. The summed E-state index contributed by atoms with van der Waals surface area (Å²) in [6.45, 7) is 1.59. The van der Waals surface area contributed by atoms with Gasteiger partial charge in [-0.05, 0) is 35.0 Å². The predicted octanol–water partition coefficient (Wildman–Crippen LogP) is 2.23. The molecule has 0 unspecified atom stereocenters. The van der Waals surface area contributed by atoms with E-state index in [1.807, 2.05) is 22.6 Å². The quantitative estimate of drug-likeness (QED) is 0.822. The Balaban J connectivity index is 2.63. The SMILES string of the molecule is CC(=O)Cc1cccc2cnc(Br)n12. The highest BCUT2D eigenvalue weighted by atomic mass is 79.9. The molecule has 2 heterocycles. The van der Waals surface area contributed by atoms with Crippen molar-refractivity contribution in [1.82, 2.24) is 9.38 Å². The van der Waals surface area contributed by atoms with Crippen LogP contribution >= 0.6 is 15.9 Å². The van der Waals surface area contributed by atoms with Crippen LogP contribution in [0, 0.1) is 0 Å². The standard InChI is InChI=1S/C10H9BrN2O/c1-7(14)5-8-3-2-4-9-6-12-10(11)13(8)9/h2-4,6H,5H2,1H3. The number of aromatic nitrogens is 2. The third-order valence-electron chi connectivity index (χ3n) is 2.02. The zero-order valence-electron chi connectivity index (χ0n) is 7.70. The summed E-state index contributed by atoms with van der Waals surface area (Å²) in [7, 11) is 0. The van der Waals surface area contributed by atoms with Crippen LogP contribution in [-0.4, -0.2) is 15.2 Å². The molecule has 3 nitrogen and oxygen atoms in total. The monoisotopic (exact) mass is 252 g/mol. The molecule has 2 rings (SSSR count). The van der Waals surface area contributed by atoms with Gasteiger partial charge in [0.15, 0.2) is 4.73 Å². The third kappa shape index (κ3) is 1.57. The Bertz CT molecular complexity index is 490. The highest BCUT2D eigenvalue weighted by Crippen LogP contribution is 2.15. The van der Waals surface area contributed by atoms with E-state index in [2.05, 4.69) is 20.9 Å². The minimum absolute atomic E-state index is 0.151. The van der Waals surface area contributed by atoms with Crippen LogP contribution in [0.5, 0.6) is 0 Å². The Labute approximate surface area is 89.9 Å². The van der Waals surface area contributed by atoms with Gasteiger partial charge in [0.05, 0.1) is 11.7 Å². The molecule has 0 fully saturated rings. The maximum Gasteiger partial charge on any atom is 0.181 e. The number of carbonyl (C=O) groups excluding carboxylic acids is 1. The van der Waals surface area contributed by atoms with E-state index in [1.165, 1.54) is 0 Å². The summed E-state index contributed by atoms with van der Waals surface area (Å²) in [4.78, 5) is 15.2. The van der Waals surface area contributed by atoms with Crippen LogP contribution in [0.15, 0.2) is 29.1 Å². The van der Waals surface area contributed by atoms with E-state index in [0.717, 1.165) is 15.9 Å². The first kappa shape index (κ1) is 9.40. The molecule has 4 heteroatoms. The van der Waals surface area contributed by atoms with Gasteiger partial charge in [-0.1, -0.05) is 6.07 Å². The fraction of sp³-hybridized carbons (Fsp3) is 0.200. The number of pyridine rings is 1. The van der Waals surface area contributed by atoms with Crippen LogP contribution in [0.3, 0.4) is 0 Å². The molecule has 0 spiro atoms. The van der Waals surface area contributed by atoms with E-state index in [4.69, 9.17) is 0 Å². The molecule has 0 atom stereocenters. The predicted molar refractivity (Wildman–Crippen MR) is 57.3 cm³/mol. The number of hydrogen-bond donors (Lipinski definition) is 0. The maximum atomic E-state index is 11.0. The van der Waals surface area contributed by atoms with Crippen LogP contribution < -0.4 is 0 Å². The smallest absolute Gasteiger partial charge is 0.181 e. The van der Waals surface area contributed by atoms with Gasteiger partial charge in [-0.2, -0.15) is 0 Å². The average molecular weight is 253 g/mol. The average Bonchev–Trinajstić information content (AvgIpc) is 2.48. The van der Waals surface area contributed by atoms with Crippen LogP contribution in [-0.2, 0) is 11.2 Å². The van der Waals surface area contributed by atoms with Crippen molar-refractivity contribution in [1.29, 1.82) is 0 Å². The van der Waals surface area contributed by atoms with E-state index < -0.39 is 0 Å². The summed E-state index contributed by atoms with van der Waals surface area (Å²) in [5, 5.41) is 0. The lowest BCUT2D eigenvalue weighted by Gasteiger charge is -2.03. The minimum atomic E-state index is 0.151. The third-order valence-corrected chi connectivity index (χ3v) is 2.58. The van der Waals surface area contributed by atoms with Gasteiger partial charge in [-0.25, -0.2) is 4.98 Å². The number of carbonyl (C=O) groups is 1. The molecule has 2 aromatic heterocycles. The molecular formula is C10H9BrN2O. The zero-order chi connectivity index (χ0) is 10.1. The van der Waals surface area contributed by atoms with Crippen molar-refractivity contribution in [3.05, 3.63) is 34.8 Å². The molecule has 0 aliphatic rings. The molecule has 0 aliphatic carbocycles. The summed E-state index contributed by atoms with van der Waals surface area (Å²) >= 11 is 3.35. The van der Waals surface area contributed by atoms with Gasteiger partial charge >= 0.3 is 0 Å². The fourth-order valence-electron chi connectivity index (χ4n) is 1.47. The van der Waals surface area contributed by atoms with Crippen molar-refractivity contribution in [3.63, 3.8) is 0 Å². The Morgan fingerprint density at radius 1 is 1.57 bits per heavy atom. The summed E-state index contributed by atoms with van der Waals surface area (Å²) in [5.41, 5.74) is 1.95. The second-order valence-electron chi connectivity index (χ2n) is 3.18. The van der Waals surface area contributed by atoms with Crippen LogP contribution in [0.1, 0.15) is 12.6 Å². The van der Waals surface area contributed by atoms with E-state index in [0.29, 0.717) is 6.42 Å². The van der Waals surface area contributed by atoms with Gasteiger partial charge in [-0.3, -0.25) is 9.20 Å². The summed E-state index contributed by atoms with van der Waals surface area (Å²) < 4.78 is 2.67. The lowest BCUT2D eigenvalue weighted by Crippen LogP contribution is -2.02. The van der Waals surface area contributed by atoms with Gasteiger partial charge < -0.3 is 0 Å². The first-order valence-electron chi connectivity index (χ1n) is 4.29. The summed E-state index contributed by atoms with van der Waals surface area (Å²) in [6.07, 6.45) is 2.21. The van der Waals surface area contributed by atoms with Crippen LogP contribution in [0.2, 0.25) is 0 Å². The first-order valence-corrected chi connectivity index (χ1v) is 5.08. The number of halogens is 1. The Morgan fingerprint density at radius 2 is 2.36 bits per heavy atom. The highest BCUT2D eigenvalue weighted by Gasteiger charge is 2.06. The normalized spacial score (nSPS) is 10.7. The maximum absolute atomic E-state index is 11.0. The number of nitrogens with zero attached hydrogens (tertiary/aromatic N) is 2. The molecule has 0 saturated heterocycles. The van der Waals surface area contributed by atoms with Gasteiger partial charge in [0, 0.05) is 12.1 Å². The summed E-state index contributed by atoms with van der Waals surface area (Å²) in [5.74, 6) is 0.151. The van der Waals surface area contributed by atoms with Crippen molar-refractivity contribution < 1.29 is 4.79 Å². The lowest BCUT2D eigenvalue weighted by molar-refractivity contribution is -0.116. The number of fused-ring (bicyclic) bond motifs is 1. The minimum Gasteiger partial charge on any atom is -0.300 e. The largest absolute Gasteiger partial charge is 0.300 e. The van der Waals surface area contributed by atoms with Crippen molar-refractivity contribution >= 4 is 27.2 Å². The number of imidazole rings is 1. The topological polar surface area (TPSA) is 34.4 Å². The molecule has 0 radical (unpaired) electrons. The Kier molecular flexibility index (Phi) is 2.37. The molecule has 14 heavy (non-hydrogen) atoms. The molecule has 72 valence electrons. The van der Waals surface area contributed by atoms with Crippen LogP contribution in [0.4, 0.5) is 0 Å². The van der Waals surface area contributed by atoms with Gasteiger partial charge in [0.25, 0.3) is 0 Å². The molecule has 0 N–H and O–H groups in total. The summed E-state index contributed by atoms with van der Waals surface area (Å²) in [6, 6.07) is 5.82. The number of ketones is 1. The number of Topliss-reactive ketones (excluding diaryl/α,β-unsaturated/α-hetero) is 1. The van der Waals surface area contributed by atoms with E-state index in [9.17, 15) is 4.79 Å². The molecule has 2 aromatic rings. The van der Waals surface area contributed by atoms with Crippen molar-refractivity contribution in [3.8, 4) is 0 Å². The first-order chi connectivity index (χ1) is 6.68. The van der Waals surface area contributed by atoms with Crippen molar-refractivity contribution in [2.45, 2.75) is 13.3 Å². The Morgan fingerprint density at radius 3 is 3.07 bits per heavy atom. The van der Waals surface area contributed by atoms with E-state index in [-0.39, 0.29) is 5.78 Å². The van der Waals surface area contributed by atoms with Gasteiger partial charge in [-0.15, -0.1) is 0 Å². The molecule has 0 amide bonds. The molecule has 0 aromatic carbocycles. The highest BCUT2D eigenvalue weighted by molar-refractivity contribution is 9.10. The van der Waals surface area contributed by atoms with E-state index >= 15 is 0 Å². The van der Waals surface area contributed by atoms with Crippen molar-refractivity contribution in [2.24, 2.45) is 0 Å². The van der Waals surface area contributed by atoms with E-state index in [1.54, 1.807) is 13.1 Å².